The summed E-state index contributed by atoms with van der Waals surface area (Å²) in [6, 6.07) is 6.03. The number of carbonyl (C=O) groups excluding carboxylic acids is 3. The van der Waals surface area contributed by atoms with Crippen LogP contribution in [0, 0.1) is 0 Å². The fourth-order valence-corrected chi connectivity index (χ4v) is 1.44. The lowest BCUT2D eigenvalue weighted by Gasteiger charge is -2.07. The van der Waals surface area contributed by atoms with Crippen LogP contribution in [0.15, 0.2) is 24.3 Å². The van der Waals surface area contributed by atoms with Gasteiger partial charge in [-0.1, -0.05) is 0 Å². The van der Waals surface area contributed by atoms with Crippen LogP contribution in [0.4, 0.5) is 0 Å². The topological polar surface area (TPSA) is 69.7 Å². The molecule has 0 aliphatic rings. The average Bonchev–Trinajstić information content (AvgIpc) is 2.44. The molecule has 0 saturated carbocycles. The molecule has 18 heavy (non-hydrogen) atoms. The number of ketones is 2. The zero-order valence-corrected chi connectivity index (χ0v) is 10.6. The van der Waals surface area contributed by atoms with Crippen molar-refractivity contribution in [3.05, 3.63) is 29.8 Å². The first-order chi connectivity index (χ1) is 8.51. The number of Topliss-reactive ketones (excluding diaryl/α,β-unsaturated/α-hetero) is 2. The van der Waals surface area contributed by atoms with Crippen molar-refractivity contribution in [2.45, 2.75) is 5.38 Å². The van der Waals surface area contributed by atoms with E-state index >= 15 is 0 Å². The highest BCUT2D eigenvalue weighted by atomic mass is 35.5. The standard InChI is InChI=1S/C12H11ClO5/c1-17-8-5-3-7(4-6-8)10(14)9(13)11(15)12(16)18-2/h3-6,9H,1-2H3. The lowest BCUT2D eigenvalue weighted by atomic mass is 10.1. The molecule has 0 aliphatic heterocycles. The molecular formula is C12H11ClO5. The summed E-state index contributed by atoms with van der Waals surface area (Å²) in [5.74, 6) is -2.32. The number of ether oxygens (including phenoxy) is 2. The van der Waals surface area contributed by atoms with Gasteiger partial charge in [-0.05, 0) is 24.3 Å². The molecule has 0 fully saturated rings. The number of methoxy groups -OCH3 is 2. The van der Waals surface area contributed by atoms with Crippen molar-refractivity contribution < 1.29 is 23.9 Å². The van der Waals surface area contributed by atoms with E-state index in [0.29, 0.717) is 5.75 Å². The second-order valence-electron chi connectivity index (χ2n) is 3.31. The van der Waals surface area contributed by atoms with Crippen molar-refractivity contribution in [2.75, 3.05) is 14.2 Å². The van der Waals surface area contributed by atoms with Crippen molar-refractivity contribution in [3.63, 3.8) is 0 Å². The Balaban J connectivity index is 2.86. The first-order valence-corrected chi connectivity index (χ1v) is 5.39. The molecule has 0 amide bonds. The van der Waals surface area contributed by atoms with E-state index in [9.17, 15) is 14.4 Å². The molecule has 1 rings (SSSR count). The second kappa shape index (κ2) is 6.16. The van der Waals surface area contributed by atoms with Gasteiger partial charge in [0.2, 0.25) is 0 Å². The molecule has 0 saturated heterocycles. The summed E-state index contributed by atoms with van der Waals surface area (Å²) in [4.78, 5) is 34.1. The summed E-state index contributed by atoms with van der Waals surface area (Å²) >= 11 is 5.63. The van der Waals surface area contributed by atoms with Crippen molar-refractivity contribution in [3.8, 4) is 5.75 Å². The zero-order chi connectivity index (χ0) is 13.7. The van der Waals surface area contributed by atoms with Crippen molar-refractivity contribution >= 4 is 29.1 Å². The summed E-state index contributed by atoms with van der Waals surface area (Å²) in [6.45, 7) is 0. The lowest BCUT2D eigenvalue weighted by Crippen LogP contribution is -2.31. The van der Waals surface area contributed by atoms with Crippen molar-refractivity contribution in [1.29, 1.82) is 0 Å². The Labute approximate surface area is 109 Å². The van der Waals surface area contributed by atoms with E-state index in [-0.39, 0.29) is 5.56 Å². The van der Waals surface area contributed by atoms with Gasteiger partial charge in [0.05, 0.1) is 14.2 Å². The molecule has 0 N–H and O–H groups in total. The maximum Gasteiger partial charge on any atom is 0.376 e. The maximum absolute atomic E-state index is 11.8. The quantitative estimate of drug-likeness (QED) is 0.265. The summed E-state index contributed by atoms with van der Waals surface area (Å²) in [5, 5.41) is -1.58. The van der Waals surface area contributed by atoms with Crippen LogP contribution in [0.5, 0.6) is 5.75 Å². The Morgan fingerprint density at radius 3 is 2.11 bits per heavy atom. The van der Waals surface area contributed by atoms with Crippen molar-refractivity contribution in [2.24, 2.45) is 0 Å². The number of alkyl halides is 1. The van der Waals surface area contributed by atoms with Gasteiger partial charge in [0.15, 0.2) is 11.2 Å². The molecule has 1 aromatic rings. The van der Waals surface area contributed by atoms with Crippen LogP contribution >= 0.6 is 11.6 Å². The van der Waals surface area contributed by atoms with Crippen LogP contribution in [-0.4, -0.2) is 37.1 Å². The molecule has 1 unspecified atom stereocenters. The number of benzene rings is 1. The van der Waals surface area contributed by atoms with Gasteiger partial charge in [0.1, 0.15) is 5.75 Å². The third-order valence-corrected chi connectivity index (χ3v) is 2.62. The number of halogens is 1. The average molecular weight is 271 g/mol. The highest BCUT2D eigenvalue weighted by Crippen LogP contribution is 2.15. The van der Waals surface area contributed by atoms with Crippen LogP contribution < -0.4 is 4.74 Å². The Bertz CT molecular complexity index is 466. The summed E-state index contributed by atoms with van der Waals surface area (Å²) in [6.07, 6.45) is 0. The van der Waals surface area contributed by atoms with Gasteiger partial charge in [-0.2, -0.15) is 0 Å². The van der Waals surface area contributed by atoms with Gasteiger partial charge in [0.25, 0.3) is 5.78 Å². The minimum absolute atomic E-state index is 0.216. The van der Waals surface area contributed by atoms with Gasteiger partial charge in [-0.15, -0.1) is 11.6 Å². The van der Waals surface area contributed by atoms with Crippen LogP contribution in [-0.2, 0) is 14.3 Å². The fourth-order valence-electron chi connectivity index (χ4n) is 1.22. The van der Waals surface area contributed by atoms with E-state index in [2.05, 4.69) is 4.74 Å². The van der Waals surface area contributed by atoms with E-state index in [1.54, 1.807) is 12.1 Å². The number of rotatable bonds is 5. The molecule has 6 heteroatoms. The van der Waals surface area contributed by atoms with Crippen LogP contribution in [0.2, 0.25) is 0 Å². The Morgan fingerprint density at radius 2 is 1.67 bits per heavy atom. The normalized spacial score (nSPS) is 11.5. The lowest BCUT2D eigenvalue weighted by molar-refractivity contribution is -0.151. The molecule has 96 valence electrons. The fraction of sp³-hybridized carbons (Fsp3) is 0.250. The van der Waals surface area contributed by atoms with Crippen LogP contribution in [0.1, 0.15) is 10.4 Å². The third-order valence-electron chi connectivity index (χ3n) is 2.22. The second-order valence-corrected chi connectivity index (χ2v) is 3.75. The molecule has 0 spiro atoms. The summed E-state index contributed by atoms with van der Waals surface area (Å²) in [5.41, 5.74) is 0.216. The molecule has 5 nitrogen and oxygen atoms in total. The molecule has 0 bridgehead atoms. The SMILES string of the molecule is COC(=O)C(=O)C(Cl)C(=O)c1ccc(OC)cc1. The largest absolute Gasteiger partial charge is 0.497 e. The molecule has 1 aromatic carbocycles. The van der Waals surface area contributed by atoms with Gasteiger partial charge in [-0.25, -0.2) is 4.79 Å². The molecule has 0 heterocycles. The maximum atomic E-state index is 11.8. The Kier molecular flexibility index (Phi) is 4.85. The van der Waals surface area contributed by atoms with E-state index in [1.807, 2.05) is 0 Å². The Hall–Kier alpha value is -1.88. The summed E-state index contributed by atoms with van der Waals surface area (Å²) in [7, 11) is 2.53. The first kappa shape index (κ1) is 14.2. The monoisotopic (exact) mass is 270 g/mol. The van der Waals surface area contributed by atoms with Gasteiger partial charge >= 0.3 is 5.97 Å². The highest BCUT2D eigenvalue weighted by molar-refractivity contribution is 6.56. The molecule has 0 radical (unpaired) electrons. The molecule has 0 aromatic heterocycles. The van der Waals surface area contributed by atoms with Gasteiger partial charge in [-0.3, -0.25) is 9.59 Å². The number of hydrogen-bond acceptors (Lipinski definition) is 5. The number of carbonyl (C=O) groups is 3. The minimum atomic E-state index is -1.58. The van der Waals surface area contributed by atoms with Crippen LogP contribution in [0.25, 0.3) is 0 Å². The van der Waals surface area contributed by atoms with E-state index in [4.69, 9.17) is 16.3 Å². The number of hydrogen-bond donors (Lipinski definition) is 0. The van der Waals surface area contributed by atoms with Gasteiger partial charge in [0, 0.05) is 5.56 Å². The highest BCUT2D eigenvalue weighted by Gasteiger charge is 2.31. The summed E-state index contributed by atoms with van der Waals surface area (Å²) < 4.78 is 9.14. The predicted octanol–water partition coefficient (Wildman–Crippen LogP) is 1.23. The van der Waals surface area contributed by atoms with Crippen molar-refractivity contribution in [1.82, 2.24) is 0 Å². The molecule has 0 aliphatic carbocycles. The smallest absolute Gasteiger partial charge is 0.376 e. The molecular weight excluding hydrogens is 260 g/mol. The number of esters is 1. The van der Waals surface area contributed by atoms with E-state index in [1.165, 1.54) is 19.2 Å². The van der Waals surface area contributed by atoms with E-state index < -0.39 is 22.9 Å². The zero-order valence-electron chi connectivity index (χ0n) is 9.81. The predicted molar refractivity (Wildman–Crippen MR) is 64.0 cm³/mol. The Morgan fingerprint density at radius 1 is 1.11 bits per heavy atom. The third kappa shape index (κ3) is 3.07. The van der Waals surface area contributed by atoms with Crippen LogP contribution in [0.3, 0.4) is 0 Å². The van der Waals surface area contributed by atoms with Gasteiger partial charge < -0.3 is 9.47 Å². The minimum Gasteiger partial charge on any atom is -0.497 e. The van der Waals surface area contributed by atoms with E-state index in [0.717, 1.165) is 7.11 Å². The molecule has 1 atom stereocenters. The first-order valence-electron chi connectivity index (χ1n) is 4.95.